The van der Waals surface area contributed by atoms with Gasteiger partial charge in [0.25, 0.3) is 0 Å². The highest BCUT2D eigenvalue weighted by Crippen LogP contribution is 2.35. The fraction of sp³-hybridized carbons (Fsp3) is 0.643. The van der Waals surface area contributed by atoms with Gasteiger partial charge in [-0.2, -0.15) is 0 Å². The lowest BCUT2D eigenvalue weighted by molar-refractivity contribution is -0.141. The molecular weight excluding hydrogens is 472 g/mol. The van der Waals surface area contributed by atoms with E-state index in [2.05, 4.69) is 10.6 Å². The molecule has 5 amide bonds. The Balaban J connectivity index is 1.35. The third-order valence-electron chi connectivity index (χ3n) is 7.72. The van der Waals surface area contributed by atoms with E-state index in [1.54, 1.807) is 17.0 Å². The van der Waals surface area contributed by atoms with Crippen molar-refractivity contribution in [1.82, 2.24) is 15.1 Å². The number of imide groups is 1. The second-order valence-corrected chi connectivity index (χ2v) is 10.3. The summed E-state index contributed by atoms with van der Waals surface area (Å²) in [4.78, 5) is 54.8. The van der Waals surface area contributed by atoms with E-state index in [1.807, 2.05) is 19.1 Å². The van der Waals surface area contributed by atoms with Crippen molar-refractivity contribution in [3.05, 3.63) is 24.3 Å². The molecule has 1 heterocycles. The average Bonchev–Trinajstić information content (AvgIpc) is 3.40. The molecular formula is C28H40N4O5. The molecule has 2 atom stereocenters. The van der Waals surface area contributed by atoms with Crippen molar-refractivity contribution in [2.45, 2.75) is 89.6 Å². The molecule has 0 spiro atoms. The van der Waals surface area contributed by atoms with Crippen LogP contribution in [0.1, 0.15) is 77.6 Å². The van der Waals surface area contributed by atoms with Crippen molar-refractivity contribution in [3.8, 4) is 5.75 Å². The van der Waals surface area contributed by atoms with Gasteiger partial charge in [0.1, 0.15) is 12.3 Å². The minimum Gasteiger partial charge on any atom is -0.492 e. The van der Waals surface area contributed by atoms with Crippen LogP contribution >= 0.6 is 0 Å². The summed E-state index contributed by atoms with van der Waals surface area (Å²) in [5.41, 5.74) is 0.558. The number of amides is 5. The number of unbranched alkanes of at least 4 members (excludes halogenated alkanes) is 1. The summed E-state index contributed by atoms with van der Waals surface area (Å²) in [7, 11) is 0. The Morgan fingerprint density at radius 3 is 2.49 bits per heavy atom. The number of anilines is 1. The molecule has 1 saturated heterocycles. The molecule has 1 aromatic rings. The van der Waals surface area contributed by atoms with Crippen molar-refractivity contribution in [3.63, 3.8) is 0 Å². The highest BCUT2D eigenvalue weighted by atomic mass is 16.5. The van der Waals surface area contributed by atoms with E-state index in [1.165, 1.54) is 17.7 Å². The number of benzene rings is 1. The van der Waals surface area contributed by atoms with Crippen molar-refractivity contribution in [2.24, 2.45) is 5.92 Å². The second kappa shape index (κ2) is 12.9. The number of nitrogens with one attached hydrogen (secondary N) is 2. The smallest absolute Gasteiger partial charge is 0.327 e. The van der Waals surface area contributed by atoms with Gasteiger partial charge in [-0.1, -0.05) is 37.8 Å². The summed E-state index contributed by atoms with van der Waals surface area (Å²) in [5, 5.41) is 5.96. The van der Waals surface area contributed by atoms with Gasteiger partial charge in [0, 0.05) is 25.0 Å². The van der Waals surface area contributed by atoms with Crippen LogP contribution in [0.5, 0.6) is 5.75 Å². The van der Waals surface area contributed by atoms with Crippen molar-refractivity contribution >= 4 is 29.4 Å². The first-order chi connectivity index (χ1) is 18.0. The molecule has 3 aliphatic rings. The van der Waals surface area contributed by atoms with Crippen LogP contribution in [0.2, 0.25) is 0 Å². The predicted molar refractivity (Wildman–Crippen MR) is 140 cm³/mol. The second-order valence-electron chi connectivity index (χ2n) is 10.3. The topological polar surface area (TPSA) is 108 Å². The molecule has 1 aliphatic heterocycles. The van der Waals surface area contributed by atoms with Crippen LogP contribution in [0.15, 0.2) is 24.3 Å². The Bertz CT molecular complexity index is 977. The zero-order valence-electron chi connectivity index (χ0n) is 21.9. The molecule has 3 fully saturated rings. The molecule has 2 aliphatic carbocycles. The number of urea groups is 1. The third kappa shape index (κ3) is 6.81. The quantitative estimate of drug-likeness (QED) is 0.435. The lowest BCUT2D eigenvalue weighted by Crippen LogP contribution is -2.63. The molecule has 9 heteroatoms. The van der Waals surface area contributed by atoms with E-state index in [0.717, 1.165) is 38.5 Å². The number of para-hydroxylation sites is 2. The highest BCUT2D eigenvalue weighted by molar-refractivity contribution is 6.01. The summed E-state index contributed by atoms with van der Waals surface area (Å²) in [5.74, 6) is -0.111. The molecule has 0 bridgehead atoms. The molecule has 4 rings (SSSR count). The average molecular weight is 513 g/mol. The summed E-state index contributed by atoms with van der Waals surface area (Å²) >= 11 is 0. The lowest BCUT2D eigenvalue weighted by Gasteiger charge is -2.46. The van der Waals surface area contributed by atoms with Crippen LogP contribution in [0.3, 0.4) is 0 Å². The third-order valence-corrected chi connectivity index (χ3v) is 7.72. The first-order valence-corrected chi connectivity index (χ1v) is 13.9. The Hall–Kier alpha value is -3.10. The minimum atomic E-state index is -0.406. The zero-order chi connectivity index (χ0) is 26.2. The summed E-state index contributed by atoms with van der Waals surface area (Å²) in [6, 6.07) is 6.84. The molecule has 1 aromatic carbocycles. The van der Waals surface area contributed by atoms with Crippen molar-refractivity contribution < 1.29 is 23.9 Å². The number of fused-ring (bicyclic) bond motifs is 1. The molecule has 2 saturated carbocycles. The minimum absolute atomic E-state index is 0.0428. The standard InChI is InChI=1S/C28H40N4O5/c1-2-37-24-16-8-6-14-22(24)30-26(34)19-32-23-15-7-5-13-21(23)27(35)31(28(32)36)18-10-9-17-25(33)29-20-11-3-4-12-20/h6,8,14,16,20-21,23H,2-5,7,9-13,15,17-19H2,1H3,(H,29,33)(H,30,34). The van der Waals surface area contributed by atoms with Gasteiger partial charge >= 0.3 is 6.03 Å². The van der Waals surface area contributed by atoms with Gasteiger partial charge in [0.05, 0.1) is 18.2 Å². The van der Waals surface area contributed by atoms with Crippen LogP contribution < -0.4 is 15.4 Å². The van der Waals surface area contributed by atoms with E-state index < -0.39 is 6.03 Å². The normalized spacial score (nSPS) is 22.1. The van der Waals surface area contributed by atoms with Crippen LogP contribution in [-0.4, -0.2) is 65.3 Å². The Kier molecular flexibility index (Phi) is 9.41. The Morgan fingerprint density at radius 1 is 0.973 bits per heavy atom. The van der Waals surface area contributed by atoms with E-state index in [4.69, 9.17) is 4.74 Å². The van der Waals surface area contributed by atoms with Gasteiger partial charge in [0.2, 0.25) is 17.7 Å². The fourth-order valence-electron chi connectivity index (χ4n) is 5.88. The van der Waals surface area contributed by atoms with E-state index in [0.29, 0.717) is 43.3 Å². The first kappa shape index (κ1) is 26.9. The predicted octanol–water partition coefficient (Wildman–Crippen LogP) is 4.08. The number of nitrogens with zero attached hydrogens (tertiary/aromatic N) is 2. The Labute approximate surface area is 219 Å². The number of carbonyl (C=O) groups excluding carboxylic acids is 4. The molecule has 2 N–H and O–H groups in total. The van der Waals surface area contributed by atoms with Gasteiger partial charge in [-0.3, -0.25) is 19.3 Å². The first-order valence-electron chi connectivity index (χ1n) is 13.9. The van der Waals surface area contributed by atoms with Crippen LogP contribution in [0.25, 0.3) is 0 Å². The summed E-state index contributed by atoms with van der Waals surface area (Å²) in [6.07, 6.45) is 9.32. The number of hydrogen-bond donors (Lipinski definition) is 2. The molecule has 9 nitrogen and oxygen atoms in total. The maximum atomic E-state index is 13.5. The molecule has 0 aromatic heterocycles. The van der Waals surface area contributed by atoms with Gasteiger partial charge in [-0.15, -0.1) is 0 Å². The number of rotatable bonds is 11. The monoisotopic (exact) mass is 512 g/mol. The number of ether oxygens (including phenoxy) is 1. The van der Waals surface area contributed by atoms with Gasteiger partial charge < -0.3 is 20.3 Å². The van der Waals surface area contributed by atoms with Crippen LogP contribution in [0.4, 0.5) is 10.5 Å². The van der Waals surface area contributed by atoms with Gasteiger partial charge in [-0.25, -0.2) is 4.79 Å². The number of carbonyl (C=O) groups is 4. The van der Waals surface area contributed by atoms with Crippen LogP contribution in [-0.2, 0) is 14.4 Å². The maximum absolute atomic E-state index is 13.5. The van der Waals surface area contributed by atoms with E-state index in [-0.39, 0.29) is 42.8 Å². The van der Waals surface area contributed by atoms with E-state index >= 15 is 0 Å². The lowest BCUT2D eigenvalue weighted by atomic mass is 9.81. The molecule has 0 radical (unpaired) electrons. The van der Waals surface area contributed by atoms with Gasteiger partial charge in [0.15, 0.2) is 0 Å². The zero-order valence-corrected chi connectivity index (χ0v) is 21.9. The SMILES string of the molecule is CCOc1ccccc1NC(=O)CN1C(=O)N(CCCCC(=O)NC2CCCC2)C(=O)C2CCCCC21. The van der Waals surface area contributed by atoms with Crippen LogP contribution in [0, 0.1) is 5.92 Å². The summed E-state index contributed by atoms with van der Waals surface area (Å²) < 4.78 is 5.60. The van der Waals surface area contributed by atoms with Crippen molar-refractivity contribution in [2.75, 3.05) is 25.0 Å². The molecule has 202 valence electrons. The molecule has 37 heavy (non-hydrogen) atoms. The number of hydrogen-bond acceptors (Lipinski definition) is 5. The highest BCUT2D eigenvalue weighted by Gasteiger charge is 2.47. The largest absolute Gasteiger partial charge is 0.492 e. The molecule has 2 unspecified atom stereocenters. The maximum Gasteiger partial charge on any atom is 0.327 e. The Morgan fingerprint density at radius 2 is 1.70 bits per heavy atom. The summed E-state index contributed by atoms with van der Waals surface area (Å²) in [6.45, 7) is 2.50. The van der Waals surface area contributed by atoms with E-state index in [9.17, 15) is 19.2 Å². The van der Waals surface area contributed by atoms with Gasteiger partial charge in [-0.05, 0) is 57.6 Å². The fourth-order valence-corrected chi connectivity index (χ4v) is 5.88. The van der Waals surface area contributed by atoms with Crippen molar-refractivity contribution in [1.29, 1.82) is 0 Å².